The molecule has 0 amide bonds. The highest BCUT2D eigenvalue weighted by Gasteiger charge is 2.45. The number of rotatable bonds is 3. The molecule has 0 aliphatic carbocycles. The summed E-state index contributed by atoms with van der Waals surface area (Å²) in [5, 5.41) is 11.0. The fourth-order valence-corrected chi connectivity index (χ4v) is 2.93. The second-order valence-corrected chi connectivity index (χ2v) is 5.56. The Morgan fingerprint density at radius 1 is 1.61 bits per heavy atom. The van der Waals surface area contributed by atoms with Gasteiger partial charge in [-0.3, -0.25) is 4.98 Å². The van der Waals surface area contributed by atoms with E-state index in [0.717, 1.165) is 12.1 Å². The van der Waals surface area contributed by atoms with Gasteiger partial charge in [-0.05, 0) is 20.2 Å². The minimum atomic E-state index is -0.913. The Labute approximate surface area is 113 Å². The first-order valence-corrected chi connectivity index (χ1v) is 6.63. The van der Waals surface area contributed by atoms with Crippen molar-refractivity contribution in [1.82, 2.24) is 9.88 Å². The molecule has 100 valence electrons. The monoisotopic (exact) mass is 268 g/mol. The summed E-state index contributed by atoms with van der Waals surface area (Å²) in [6.07, 6.45) is 4.02. The Hall–Kier alpha value is -0.620. The van der Waals surface area contributed by atoms with Crippen LogP contribution in [0.5, 0.6) is 0 Å². The molecule has 1 aliphatic rings. The van der Waals surface area contributed by atoms with Gasteiger partial charge in [-0.15, -0.1) is 12.6 Å². The zero-order valence-corrected chi connectivity index (χ0v) is 11.7. The molecule has 1 fully saturated rings. The molecule has 2 rings (SSSR count). The quantitative estimate of drug-likeness (QED) is 0.807. The number of nitrogens with zero attached hydrogens (tertiary/aromatic N) is 2. The molecular weight excluding hydrogens is 248 g/mol. The highest BCUT2D eigenvalue weighted by atomic mass is 32.1. The average Bonchev–Trinajstić information content (AvgIpc) is 2.35. The van der Waals surface area contributed by atoms with E-state index >= 15 is 0 Å². The summed E-state index contributed by atoms with van der Waals surface area (Å²) < 4.78 is 5.57. The van der Waals surface area contributed by atoms with E-state index in [2.05, 4.69) is 17.6 Å². The molecule has 3 unspecified atom stereocenters. The molecule has 2 heterocycles. The van der Waals surface area contributed by atoms with Gasteiger partial charge >= 0.3 is 0 Å². The van der Waals surface area contributed by atoms with E-state index in [1.54, 1.807) is 12.4 Å². The first-order valence-electron chi connectivity index (χ1n) is 6.11. The first kappa shape index (κ1) is 13.8. The van der Waals surface area contributed by atoms with Gasteiger partial charge in [0.15, 0.2) is 0 Å². The Bertz CT molecular complexity index is 388. The highest BCUT2D eigenvalue weighted by molar-refractivity contribution is 7.80. The number of ether oxygens (including phenoxy) is 1. The molecule has 0 aromatic carbocycles. The minimum Gasteiger partial charge on any atom is -0.385 e. The highest BCUT2D eigenvalue weighted by Crippen LogP contribution is 2.40. The van der Waals surface area contributed by atoms with Crippen LogP contribution in [0.15, 0.2) is 24.5 Å². The summed E-state index contributed by atoms with van der Waals surface area (Å²) in [4.78, 5) is 6.15. The standard InChI is InChI=1S/C13H20N2O2S/c1-15(2)9-11-12(18)17-7-5-13(11,16)10-4-3-6-14-8-10/h3-4,6,8,11-12,16,18H,5,7,9H2,1-2H3. The lowest BCUT2D eigenvalue weighted by Gasteiger charge is -2.44. The predicted octanol–water partition coefficient (Wildman–Crippen LogP) is 1.12. The molecule has 0 bridgehead atoms. The number of thiol groups is 1. The molecule has 18 heavy (non-hydrogen) atoms. The van der Waals surface area contributed by atoms with Crippen molar-refractivity contribution >= 4 is 12.6 Å². The SMILES string of the molecule is CN(C)CC1C(S)OCCC1(O)c1cccnc1. The zero-order valence-electron chi connectivity index (χ0n) is 10.8. The van der Waals surface area contributed by atoms with Crippen LogP contribution in [0.25, 0.3) is 0 Å². The molecule has 1 aliphatic heterocycles. The van der Waals surface area contributed by atoms with E-state index < -0.39 is 5.60 Å². The van der Waals surface area contributed by atoms with E-state index in [1.807, 2.05) is 31.1 Å². The Balaban J connectivity index is 2.31. The lowest BCUT2D eigenvalue weighted by molar-refractivity contribution is -0.134. The lowest BCUT2D eigenvalue weighted by atomic mass is 9.78. The largest absolute Gasteiger partial charge is 0.385 e. The van der Waals surface area contributed by atoms with Crippen molar-refractivity contribution in [3.8, 4) is 0 Å². The second-order valence-electron chi connectivity index (χ2n) is 5.05. The summed E-state index contributed by atoms with van der Waals surface area (Å²) in [5.74, 6) is -0.0752. The normalized spacial score (nSPS) is 32.7. The van der Waals surface area contributed by atoms with Crippen molar-refractivity contribution in [2.24, 2.45) is 5.92 Å². The predicted molar refractivity (Wildman–Crippen MR) is 73.5 cm³/mol. The van der Waals surface area contributed by atoms with Gasteiger partial charge in [-0.25, -0.2) is 0 Å². The number of hydrogen-bond donors (Lipinski definition) is 2. The smallest absolute Gasteiger partial charge is 0.107 e. The lowest BCUT2D eigenvalue weighted by Crippen LogP contribution is -2.50. The van der Waals surface area contributed by atoms with Gasteiger partial charge in [-0.1, -0.05) is 6.07 Å². The van der Waals surface area contributed by atoms with Crippen molar-refractivity contribution in [1.29, 1.82) is 0 Å². The molecule has 0 spiro atoms. The van der Waals surface area contributed by atoms with Crippen LogP contribution in [0.4, 0.5) is 0 Å². The van der Waals surface area contributed by atoms with Gasteiger partial charge < -0.3 is 14.7 Å². The van der Waals surface area contributed by atoms with Crippen LogP contribution in [-0.4, -0.2) is 47.7 Å². The molecule has 5 heteroatoms. The van der Waals surface area contributed by atoms with Gasteiger partial charge in [0, 0.05) is 36.8 Å². The molecule has 4 nitrogen and oxygen atoms in total. The van der Waals surface area contributed by atoms with Crippen LogP contribution >= 0.6 is 12.6 Å². The van der Waals surface area contributed by atoms with Crippen molar-refractivity contribution in [2.75, 3.05) is 27.2 Å². The van der Waals surface area contributed by atoms with Gasteiger partial charge in [-0.2, -0.15) is 0 Å². The van der Waals surface area contributed by atoms with Gasteiger partial charge in [0.25, 0.3) is 0 Å². The maximum absolute atomic E-state index is 11.0. The zero-order chi connectivity index (χ0) is 13.2. The van der Waals surface area contributed by atoms with Crippen molar-refractivity contribution < 1.29 is 9.84 Å². The molecular formula is C13H20N2O2S. The van der Waals surface area contributed by atoms with E-state index in [-0.39, 0.29) is 11.4 Å². The topological polar surface area (TPSA) is 45.6 Å². The Morgan fingerprint density at radius 2 is 2.39 bits per heavy atom. The summed E-state index contributed by atoms with van der Waals surface area (Å²) >= 11 is 4.47. The van der Waals surface area contributed by atoms with Crippen molar-refractivity contribution in [2.45, 2.75) is 17.5 Å². The molecule has 1 N–H and O–H groups in total. The molecule has 0 radical (unpaired) electrons. The molecule has 3 atom stereocenters. The van der Waals surface area contributed by atoms with Gasteiger partial charge in [0.1, 0.15) is 11.0 Å². The van der Waals surface area contributed by atoms with Crippen molar-refractivity contribution in [3.05, 3.63) is 30.1 Å². The molecule has 1 aromatic rings. The fraction of sp³-hybridized carbons (Fsp3) is 0.615. The van der Waals surface area contributed by atoms with Crippen LogP contribution in [0.2, 0.25) is 0 Å². The number of hydrogen-bond acceptors (Lipinski definition) is 5. The van der Waals surface area contributed by atoms with Crippen LogP contribution in [-0.2, 0) is 10.3 Å². The van der Waals surface area contributed by atoms with E-state index in [9.17, 15) is 5.11 Å². The summed E-state index contributed by atoms with van der Waals surface area (Å²) in [6, 6.07) is 3.77. The van der Waals surface area contributed by atoms with Crippen LogP contribution in [0, 0.1) is 5.92 Å². The molecule has 1 aromatic heterocycles. The third-order valence-corrected chi connectivity index (χ3v) is 3.96. The van der Waals surface area contributed by atoms with E-state index in [1.165, 1.54) is 0 Å². The third-order valence-electron chi connectivity index (χ3n) is 3.45. The third kappa shape index (κ3) is 2.69. The average molecular weight is 268 g/mol. The van der Waals surface area contributed by atoms with Crippen molar-refractivity contribution in [3.63, 3.8) is 0 Å². The Kier molecular flexibility index (Phi) is 4.27. The van der Waals surface area contributed by atoms with E-state index in [4.69, 9.17) is 4.74 Å². The number of aromatic nitrogens is 1. The Morgan fingerprint density at radius 3 is 3.00 bits per heavy atom. The summed E-state index contributed by atoms with van der Waals surface area (Å²) in [6.45, 7) is 1.24. The van der Waals surface area contributed by atoms with Crippen LogP contribution < -0.4 is 0 Å². The summed E-state index contributed by atoms with van der Waals surface area (Å²) in [7, 11) is 3.97. The first-order chi connectivity index (χ1) is 8.54. The molecule has 0 saturated carbocycles. The molecule has 1 saturated heterocycles. The van der Waals surface area contributed by atoms with E-state index in [0.29, 0.717) is 13.0 Å². The van der Waals surface area contributed by atoms with Crippen LogP contribution in [0.3, 0.4) is 0 Å². The summed E-state index contributed by atoms with van der Waals surface area (Å²) in [5.41, 5.74) is -0.325. The maximum Gasteiger partial charge on any atom is 0.107 e. The number of aliphatic hydroxyl groups is 1. The van der Waals surface area contributed by atoms with Gasteiger partial charge in [0.05, 0.1) is 6.61 Å². The number of pyridine rings is 1. The second kappa shape index (κ2) is 5.57. The van der Waals surface area contributed by atoms with Gasteiger partial charge in [0.2, 0.25) is 0 Å². The fourth-order valence-electron chi connectivity index (χ4n) is 2.48. The minimum absolute atomic E-state index is 0.0752. The van der Waals surface area contributed by atoms with Crippen LogP contribution in [0.1, 0.15) is 12.0 Å². The maximum atomic E-state index is 11.0.